The lowest BCUT2D eigenvalue weighted by Gasteiger charge is -2.36. The van der Waals surface area contributed by atoms with Crippen LogP contribution in [0.15, 0.2) is 4.99 Å². The fourth-order valence-electron chi connectivity index (χ4n) is 2.30. The zero-order valence-corrected chi connectivity index (χ0v) is 9.95. The number of terminal acetylenes is 1. The molecule has 1 aliphatic rings. The molecule has 0 aromatic heterocycles. The molecule has 0 unspecified atom stereocenters. The summed E-state index contributed by atoms with van der Waals surface area (Å²) in [7, 11) is 1.81. The van der Waals surface area contributed by atoms with Crippen LogP contribution in [0.2, 0.25) is 0 Å². The maximum atomic E-state index is 5.23. The van der Waals surface area contributed by atoms with Gasteiger partial charge < -0.3 is 10.2 Å². The number of nitrogens with one attached hydrogen (secondary N) is 1. The van der Waals surface area contributed by atoms with E-state index in [0.29, 0.717) is 6.54 Å². The van der Waals surface area contributed by atoms with E-state index in [9.17, 15) is 0 Å². The minimum Gasteiger partial charge on any atom is -0.345 e. The van der Waals surface area contributed by atoms with Crippen LogP contribution in [0.25, 0.3) is 0 Å². The van der Waals surface area contributed by atoms with Crippen LogP contribution in [0.5, 0.6) is 0 Å². The Bertz CT molecular complexity index is 255. The molecule has 1 aliphatic heterocycles. The first-order chi connectivity index (χ1) is 7.17. The minimum absolute atomic E-state index is 0.548. The van der Waals surface area contributed by atoms with Gasteiger partial charge in [0.15, 0.2) is 5.96 Å². The van der Waals surface area contributed by atoms with Crippen molar-refractivity contribution in [3.05, 3.63) is 0 Å². The molecule has 1 saturated heterocycles. The van der Waals surface area contributed by atoms with Crippen LogP contribution in [-0.4, -0.2) is 37.5 Å². The van der Waals surface area contributed by atoms with Crippen LogP contribution in [0.3, 0.4) is 0 Å². The summed E-state index contributed by atoms with van der Waals surface area (Å²) in [5.41, 5.74) is 0. The zero-order chi connectivity index (χ0) is 11.3. The summed E-state index contributed by atoms with van der Waals surface area (Å²) in [6.07, 6.45) is 6.54. The molecule has 0 bridgehead atoms. The van der Waals surface area contributed by atoms with Gasteiger partial charge in [0.2, 0.25) is 0 Å². The molecule has 0 aliphatic carbocycles. The van der Waals surface area contributed by atoms with Gasteiger partial charge in [-0.3, -0.25) is 4.99 Å². The molecule has 3 heteroatoms. The van der Waals surface area contributed by atoms with E-state index in [1.54, 1.807) is 0 Å². The Morgan fingerprint density at radius 3 is 2.53 bits per heavy atom. The normalized spacial score (nSPS) is 27.3. The molecule has 0 aromatic carbocycles. The molecule has 1 fully saturated rings. The number of hydrogen-bond donors (Lipinski definition) is 1. The molecule has 3 nitrogen and oxygen atoms in total. The fraction of sp³-hybridized carbons (Fsp3) is 0.750. The number of piperidine rings is 1. The van der Waals surface area contributed by atoms with Crippen LogP contribution in [0, 0.1) is 24.2 Å². The second-order valence-corrected chi connectivity index (χ2v) is 4.46. The summed E-state index contributed by atoms with van der Waals surface area (Å²) in [5, 5.41) is 3.17. The van der Waals surface area contributed by atoms with E-state index in [2.05, 4.69) is 35.0 Å². The summed E-state index contributed by atoms with van der Waals surface area (Å²) < 4.78 is 0. The molecule has 1 heterocycles. The van der Waals surface area contributed by atoms with Crippen LogP contribution in [0.1, 0.15) is 20.3 Å². The molecular formula is C12H21N3. The number of hydrogen-bond acceptors (Lipinski definition) is 1. The van der Waals surface area contributed by atoms with Crippen LogP contribution >= 0.6 is 0 Å². The van der Waals surface area contributed by atoms with Crippen molar-refractivity contribution in [3.8, 4) is 12.3 Å². The minimum atomic E-state index is 0.548. The van der Waals surface area contributed by atoms with Crippen molar-refractivity contribution in [3.63, 3.8) is 0 Å². The monoisotopic (exact) mass is 207 g/mol. The largest absolute Gasteiger partial charge is 0.345 e. The second-order valence-electron chi connectivity index (χ2n) is 4.46. The first-order valence-electron chi connectivity index (χ1n) is 5.56. The SMILES string of the molecule is C#CCNC(=NC)N1C[C@H](C)C[C@@H](C)C1. The van der Waals surface area contributed by atoms with E-state index >= 15 is 0 Å². The van der Waals surface area contributed by atoms with Crippen LogP contribution in [-0.2, 0) is 0 Å². The molecule has 0 amide bonds. The lowest BCUT2D eigenvalue weighted by Crippen LogP contribution is -2.48. The number of rotatable bonds is 1. The predicted octanol–water partition coefficient (Wildman–Crippen LogP) is 1.17. The third-order valence-electron chi connectivity index (χ3n) is 2.73. The van der Waals surface area contributed by atoms with E-state index in [1.807, 2.05) is 7.05 Å². The van der Waals surface area contributed by atoms with Crippen molar-refractivity contribution in [1.82, 2.24) is 10.2 Å². The standard InChI is InChI=1S/C12H21N3/c1-5-6-14-12(13-4)15-8-10(2)7-11(3)9-15/h1,10-11H,6-9H2,2-4H3,(H,13,14)/t10-,11-/m1/s1. The molecule has 15 heavy (non-hydrogen) atoms. The first-order valence-corrected chi connectivity index (χ1v) is 5.56. The molecule has 84 valence electrons. The maximum absolute atomic E-state index is 5.23. The highest BCUT2D eigenvalue weighted by molar-refractivity contribution is 5.80. The van der Waals surface area contributed by atoms with Crippen molar-refractivity contribution < 1.29 is 0 Å². The van der Waals surface area contributed by atoms with Crippen molar-refractivity contribution >= 4 is 5.96 Å². The highest BCUT2D eigenvalue weighted by Crippen LogP contribution is 2.20. The first kappa shape index (κ1) is 11.9. The Hall–Kier alpha value is -1.17. The van der Waals surface area contributed by atoms with Gasteiger partial charge in [-0.05, 0) is 18.3 Å². The van der Waals surface area contributed by atoms with E-state index < -0.39 is 0 Å². The van der Waals surface area contributed by atoms with Gasteiger partial charge in [0.1, 0.15) is 0 Å². The molecular weight excluding hydrogens is 186 g/mol. The number of aliphatic imine (C=N–C) groups is 1. The van der Waals surface area contributed by atoms with Gasteiger partial charge in [0.05, 0.1) is 6.54 Å². The Balaban J connectivity index is 2.56. The molecule has 2 atom stereocenters. The molecule has 0 spiro atoms. The van der Waals surface area contributed by atoms with Gasteiger partial charge in [0, 0.05) is 20.1 Å². The highest BCUT2D eigenvalue weighted by Gasteiger charge is 2.23. The average molecular weight is 207 g/mol. The number of nitrogens with zero attached hydrogens (tertiary/aromatic N) is 2. The Morgan fingerprint density at radius 1 is 1.47 bits per heavy atom. The van der Waals surface area contributed by atoms with E-state index in [1.165, 1.54) is 6.42 Å². The van der Waals surface area contributed by atoms with E-state index in [0.717, 1.165) is 30.9 Å². The Kier molecular flexibility index (Phi) is 4.48. The van der Waals surface area contributed by atoms with Gasteiger partial charge in [-0.25, -0.2) is 0 Å². The molecule has 0 saturated carbocycles. The summed E-state index contributed by atoms with van der Waals surface area (Å²) in [5.74, 6) is 4.98. The lowest BCUT2D eigenvalue weighted by atomic mass is 9.92. The smallest absolute Gasteiger partial charge is 0.194 e. The lowest BCUT2D eigenvalue weighted by molar-refractivity contribution is 0.209. The van der Waals surface area contributed by atoms with E-state index in [-0.39, 0.29) is 0 Å². The summed E-state index contributed by atoms with van der Waals surface area (Å²) >= 11 is 0. The van der Waals surface area contributed by atoms with Crippen molar-refractivity contribution in [2.75, 3.05) is 26.7 Å². The molecule has 1 rings (SSSR count). The fourth-order valence-corrected chi connectivity index (χ4v) is 2.30. The predicted molar refractivity (Wildman–Crippen MR) is 64.7 cm³/mol. The van der Waals surface area contributed by atoms with Crippen molar-refractivity contribution in [2.45, 2.75) is 20.3 Å². The average Bonchev–Trinajstić information content (AvgIpc) is 2.17. The van der Waals surface area contributed by atoms with Gasteiger partial charge in [-0.1, -0.05) is 19.8 Å². The van der Waals surface area contributed by atoms with Crippen molar-refractivity contribution in [2.24, 2.45) is 16.8 Å². The zero-order valence-electron chi connectivity index (χ0n) is 9.95. The molecule has 0 aromatic rings. The van der Waals surface area contributed by atoms with Gasteiger partial charge in [-0.15, -0.1) is 6.42 Å². The maximum Gasteiger partial charge on any atom is 0.194 e. The topological polar surface area (TPSA) is 27.6 Å². The van der Waals surface area contributed by atoms with Gasteiger partial charge in [0.25, 0.3) is 0 Å². The van der Waals surface area contributed by atoms with Crippen LogP contribution in [0.4, 0.5) is 0 Å². The summed E-state index contributed by atoms with van der Waals surface area (Å²) in [4.78, 5) is 6.56. The summed E-state index contributed by atoms with van der Waals surface area (Å²) in [6.45, 7) is 7.28. The van der Waals surface area contributed by atoms with Crippen LogP contribution < -0.4 is 5.32 Å². The molecule has 1 N–H and O–H groups in total. The quantitative estimate of drug-likeness (QED) is 0.397. The third kappa shape index (κ3) is 3.47. The second kappa shape index (κ2) is 5.65. The van der Waals surface area contributed by atoms with Crippen molar-refractivity contribution in [1.29, 1.82) is 0 Å². The number of guanidine groups is 1. The summed E-state index contributed by atoms with van der Waals surface area (Å²) in [6, 6.07) is 0. The van der Waals surface area contributed by atoms with E-state index in [4.69, 9.17) is 6.42 Å². The third-order valence-corrected chi connectivity index (χ3v) is 2.73. The Morgan fingerprint density at radius 2 is 2.07 bits per heavy atom. The number of likely N-dealkylation sites (tertiary alicyclic amines) is 1. The molecule has 0 radical (unpaired) electrons. The Labute approximate surface area is 93.0 Å². The van der Waals surface area contributed by atoms with Gasteiger partial charge >= 0.3 is 0 Å². The highest BCUT2D eigenvalue weighted by atomic mass is 15.3. The van der Waals surface area contributed by atoms with Gasteiger partial charge in [-0.2, -0.15) is 0 Å².